The molecule has 59 valence electrons. The van der Waals surface area contributed by atoms with Gasteiger partial charge < -0.3 is 6.92 Å². The predicted octanol–water partition coefficient (Wildman–Crippen LogP) is 3.18. The molecule has 0 N–H and O–H groups in total. The normalized spacial score (nSPS) is 9.33. The Hall–Kier alpha value is 1.09. The number of hydrogen-bond acceptors (Lipinski definition) is 0. The van der Waals surface area contributed by atoms with Crippen molar-refractivity contribution < 1.29 is 16.8 Å². The van der Waals surface area contributed by atoms with E-state index in [1.54, 1.807) is 0 Å². The fraction of sp³-hybridized carbons (Fsp3) is 0.833. The quantitative estimate of drug-likeness (QED) is 0.382. The van der Waals surface area contributed by atoms with E-state index in [4.69, 9.17) is 23.2 Å². The van der Waals surface area contributed by atoms with Gasteiger partial charge in [0.05, 0.1) is 0 Å². The molecule has 0 bridgehead atoms. The maximum Gasteiger partial charge on any atom is 0.107 e. The molecule has 0 unspecified atom stereocenters. The van der Waals surface area contributed by atoms with E-state index in [2.05, 4.69) is 6.92 Å². The Morgan fingerprint density at radius 2 is 1.78 bits per heavy atom. The second-order valence-corrected chi connectivity index (χ2v) is 3.02. The topological polar surface area (TPSA) is 0 Å². The van der Waals surface area contributed by atoms with Crippen LogP contribution in [-0.4, -0.2) is 4.84 Å². The van der Waals surface area contributed by atoms with Crippen LogP contribution in [0.3, 0.4) is 0 Å². The van der Waals surface area contributed by atoms with Crippen molar-refractivity contribution in [2.45, 2.75) is 30.5 Å². The first-order chi connectivity index (χ1) is 3.77. The van der Waals surface area contributed by atoms with E-state index >= 15 is 0 Å². The van der Waals surface area contributed by atoms with Crippen molar-refractivity contribution in [1.82, 2.24) is 0 Å². The van der Waals surface area contributed by atoms with Crippen molar-refractivity contribution in [3.05, 3.63) is 6.92 Å². The minimum absolute atomic E-state index is 0. The fourth-order valence-corrected chi connectivity index (χ4v) is 0.784. The van der Waals surface area contributed by atoms with Gasteiger partial charge in [0.2, 0.25) is 0 Å². The van der Waals surface area contributed by atoms with E-state index in [1.807, 2.05) is 0 Å². The minimum Gasteiger partial charge on any atom is -0.343 e. The molecule has 0 spiro atoms. The van der Waals surface area contributed by atoms with Crippen molar-refractivity contribution in [2.24, 2.45) is 0 Å². The molecule has 0 amide bonds. The molecular weight excluding hydrogens is 202 g/mol. The molecule has 0 nitrogen and oxygen atoms in total. The van der Waals surface area contributed by atoms with Crippen molar-refractivity contribution in [3.8, 4) is 0 Å². The molecule has 0 saturated heterocycles. The van der Waals surface area contributed by atoms with Crippen LogP contribution in [0.5, 0.6) is 0 Å². The molecule has 0 saturated carbocycles. The Bertz CT molecular complexity index is 48.3. The second kappa shape index (κ2) is 9.09. The average Bonchev–Trinajstić information content (AvgIpc) is 1.66. The third-order valence-electron chi connectivity index (χ3n) is 0.922. The summed E-state index contributed by atoms with van der Waals surface area (Å²) < 4.78 is 0. The van der Waals surface area contributed by atoms with Crippen LogP contribution >= 0.6 is 23.2 Å². The van der Waals surface area contributed by atoms with Crippen LogP contribution in [0, 0.1) is 6.92 Å². The van der Waals surface area contributed by atoms with Crippen molar-refractivity contribution in [1.29, 1.82) is 0 Å². The summed E-state index contributed by atoms with van der Waals surface area (Å²) in [5.41, 5.74) is 0. The van der Waals surface area contributed by atoms with Gasteiger partial charge in [-0.15, -0.1) is 23.2 Å². The monoisotopic (exact) mass is 212 g/mol. The first-order valence-corrected chi connectivity index (χ1v) is 3.72. The van der Waals surface area contributed by atoms with E-state index in [1.165, 1.54) is 0 Å². The number of rotatable bonds is 4. The van der Waals surface area contributed by atoms with Gasteiger partial charge in [-0.3, -0.25) is 0 Å². The molecule has 0 aliphatic carbocycles. The minimum atomic E-state index is -0.179. The molecule has 9 heavy (non-hydrogen) atoms. The predicted molar refractivity (Wildman–Crippen MR) is 39.3 cm³/mol. The van der Waals surface area contributed by atoms with Gasteiger partial charge >= 0.3 is 0 Å². The molecule has 0 atom stereocenters. The van der Waals surface area contributed by atoms with E-state index in [0.29, 0.717) is 0 Å². The van der Waals surface area contributed by atoms with E-state index in [-0.39, 0.29) is 21.6 Å². The first-order valence-electron chi connectivity index (χ1n) is 2.84. The van der Waals surface area contributed by atoms with Gasteiger partial charge in [0.25, 0.3) is 0 Å². The van der Waals surface area contributed by atoms with E-state index in [0.717, 1.165) is 25.7 Å². The molecule has 0 fully saturated rings. The fourth-order valence-electron chi connectivity index (χ4n) is 0.475. The molecule has 0 aromatic heterocycles. The smallest absolute Gasteiger partial charge is 0.107 e. The van der Waals surface area contributed by atoms with E-state index < -0.39 is 0 Å². The maximum absolute atomic E-state index is 5.46. The molecule has 0 aliphatic rings. The Morgan fingerprint density at radius 3 is 2.11 bits per heavy atom. The Labute approximate surface area is 77.5 Å². The van der Waals surface area contributed by atoms with Gasteiger partial charge in [-0.05, 0) is 6.42 Å². The summed E-state index contributed by atoms with van der Waals surface area (Å²) in [6.07, 6.45) is 4.12. The van der Waals surface area contributed by atoms with Crippen LogP contribution in [0.1, 0.15) is 25.7 Å². The Kier molecular flexibility index (Phi) is 12.9. The molecule has 0 heterocycles. The van der Waals surface area contributed by atoms with Crippen molar-refractivity contribution in [2.75, 3.05) is 0 Å². The summed E-state index contributed by atoms with van der Waals surface area (Å²) in [7, 11) is 0. The van der Waals surface area contributed by atoms with Crippen LogP contribution in [0.15, 0.2) is 0 Å². The standard InChI is InChI=1S/C6H11Cl2.Co/c1-2-3-4-5-6(7)8;/h6H,1-5H2;/q-1;. The number of alkyl halides is 2. The zero-order valence-electron chi connectivity index (χ0n) is 5.20. The average molecular weight is 213 g/mol. The number of unbranched alkanes of at least 4 members (excludes halogenated alkanes) is 2. The van der Waals surface area contributed by atoms with Gasteiger partial charge in [-0.25, -0.2) is 0 Å². The van der Waals surface area contributed by atoms with Crippen LogP contribution < -0.4 is 0 Å². The van der Waals surface area contributed by atoms with Gasteiger partial charge in [0, 0.05) is 16.8 Å². The van der Waals surface area contributed by atoms with Gasteiger partial charge in [-0.2, -0.15) is 6.42 Å². The summed E-state index contributed by atoms with van der Waals surface area (Å²) in [5, 5.41) is 0. The van der Waals surface area contributed by atoms with Gasteiger partial charge in [0.1, 0.15) is 4.84 Å². The molecule has 0 rings (SSSR count). The van der Waals surface area contributed by atoms with Gasteiger partial charge in [0.15, 0.2) is 0 Å². The zero-order chi connectivity index (χ0) is 6.41. The molecular formula is C6H11Cl2Co-. The summed E-state index contributed by atoms with van der Waals surface area (Å²) in [6, 6.07) is 0. The van der Waals surface area contributed by atoms with Crippen LogP contribution in [0.25, 0.3) is 0 Å². The van der Waals surface area contributed by atoms with Gasteiger partial charge in [-0.1, -0.05) is 12.8 Å². The molecule has 0 aromatic carbocycles. The number of hydrogen-bond donors (Lipinski definition) is 0. The maximum atomic E-state index is 5.46. The van der Waals surface area contributed by atoms with Crippen LogP contribution in [0.4, 0.5) is 0 Å². The molecule has 3 heteroatoms. The zero-order valence-corrected chi connectivity index (χ0v) is 7.76. The third kappa shape index (κ3) is 12.3. The molecule has 0 aliphatic heterocycles. The van der Waals surface area contributed by atoms with Crippen LogP contribution in [0.2, 0.25) is 0 Å². The summed E-state index contributed by atoms with van der Waals surface area (Å²) in [5.74, 6) is 0. The molecule has 1 radical (unpaired) electrons. The summed E-state index contributed by atoms with van der Waals surface area (Å²) in [4.78, 5) is -0.179. The van der Waals surface area contributed by atoms with Crippen molar-refractivity contribution >= 4 is 23.2 Å². The largest absolute Gasteiger partial charge is 0.343 e. The second-order valence-electron chi connectivity index (χ2n) is 1.74. The SMILES string of the molecule is [CH2-]CCCCC(Cl)Cl.[Co]. The van der Waals surface area contributed by atoms with E-state index in [9.17, 15) is 0 Å². The Morgan fingerprint density at radius 1 is 1.22 bits per heavy atom. The first kappa shape index (κ1) is 12.7. The summed E-state index contributed by atoms with van der Waals surface area (Å²) in [6.45, 7) is 3.70. The summed E-state index contributed by atoms with van der Waals surface area (Å²) >= 11 is 10.9. The van der Waals surface area contributed by atoms with Crippen molar-refractivity contribution in [3.63, 3.8) is 0 Å². The molecule has 0 aromatic rings. The number of halogens is 2. The third-order valence-corrected chi connectivity index (χ3v) is 1.36. The Balaban J connectivity index is 0. The van der Waals surface area contributed by atoms with Crippen LogP contribution in [-0.2, 0) is 16.8 Å².